The summed E-state index contributed by atoms with van der Waals surface area (Å²) < 4.78 is 13.6. The van der Waals surface area contributed by atoms with Crippen LogP contribution in [0, 0.1) is 0 Å². The number of carbonyl (C=O) groups excluding carboxylic acids is 1. The number of benzene rings is 5. The van der Waals surface area contributed by atoms with Gasteiger partial charge >= 0.3 is 5.97 Å². The van der Waals surface area contributed by atoms with Gasteiger partial charge in [-0.05, 0) is 38.4 Å². The lowest BCUT2D eigenvalue weighted by Crippen LogP contribution is -2.77. The molecule has 0 unspecified atom stereocenters. The topological polar surface area (TPSA) is 35.5 Å². The lowest BCUT2D eigenvalue weighted by Gasteiger charge is -2.43. The zero-order valence-corrected chi connectivity index (χ0v) is 25.1. The molecule has 0 saturated carbocycles. The molecule has 0 aliphatic carbocycles. The molecule has 3 nitrogen and oxygen atoms in total. The minimum Gasteiger partial charge on any atom is -0.463 e. The highest BCUT2D eigenvalue weighted by atomic mass is 28.4. The summed E-state index contributed by atoms with van der Waals surface area (Å²) in [5.74, 6) is -0.404. The largest absolute Gasteiger partial charge is 0.463 e. The molecule has 0 aliphatic rings. The second-order valence-corrected chi connectivity index (χ2v) is 17.1. The van der Waals surface area contributed by atoms with Crippen LogP contribution in [0.5, 0.6) is 0 Å². The van der Waals surface area contributed by atoms with E-state index < -0.39 is 22.6 Å². The second kappa shape index (κ2) is 13.4. The van der Waals surface area contributed by atoms with E-state index in [0.29, 0.717) is 13.0 Å². The molecule has 204 valence electrons. The summed E-state index contributed by atoms with van der Waals surface area (Å²) >= 11 is 0. The third-order valence-corrected chi connectivity index (χ3v) is 17.1. The molecule has 0 atom stereocenters. The van der Waals surface area contributed by atoms with Gasteiger partial charge in [-0.25, -0.2) is 4.79 Å². The summed E-state index contributed by atoms with van der Waals surface area (Å²) in [4.78, 5) is 11.9. The van der Waals surface area contributed by atoms with Gasteiger partial charge in [0, 0.05) is 6.08 Å². The predicted molar refractivity (Wildman–Crippen MR) is 174 cm³/mol. The van der Waals surface area contributed by atoms with Gasteiger partial charge < -0.3 is 8.85 Å². The zero-order chi connectivity index (χ0) is 28.4. The lowest BCUT2D eigenvalue weighted by molar-refractivity contribution is -0.137. The van der Waals surface area contributed by atoms with Crippen LogP contribution < -0.4 is 25.9 Å². The molecule has 0 spiro atoms. The highest BCUT2D eigenvalue weighted by Gasteiger charge is 2.51. The molecule has 5 rings (SSSR count). The third-order valence-electron chi connectivity index (χ3n) is 7.43. The molecule has 5 aromatic carbocycles. The Morgan fingerprint density at radius 1 is 0.561 bits per heavy atom. The number of carbonyl (C=O) groups is 1. The van der Waals surface area contributed by atoms with Gasteiger partial charge in [0.2, 0.25) is 8.32 Å². The number of esters is 1. The van der Waals surface area contributed by atoms with Crippen molar-refractivity contribution in [2.45, 2.75) is 12.5 Å². The van der Waals surface area contributed by atoms with Gasteiger partial charge in [-0.15, -0.1) is 0 Å². The van der Waals surface area contributed by atoms with E-state index in [1.807, 2.05) is 0 Å². The Bertz CT molecular complexity index is 1390. The van der Waals surface area contributed by atoms with E-state index in [4.69, 9.17) is 8.85 Å². The maximum absolute atomic E-state index is 11.9. The summed E-state index contributed by atoms with van der Waals surface area (Å²) in [7, 11) is -6.05. The minimum absolute atomic E-state index is 0.305. The summed E-state index contributed by atoms with van der Waals surface area (Å²) in [6.07, 6.45) is 1.88. The van der Waals surface area contributed by atoms with E-state index in [0.717, 1.165) is 6.04 Å². The first-order chi connectivity index (χ1) is 20.2. The molecule has 0 saturated heterocycles. The fraction of sp³-hybridized carbons (Fsp3) is 0.0833. The Balaban J connectivity index is 1.78. The standard InChI is InChI=1S/C36H34O3Si2/c1-2-36(37)38-29-18-30-40(31-19-8-3-9-20-31,32-21-10-4-11-22-32)39-41(33-23-12-5-13-24-33,34-25-14-6-15-26-34)35-27-16-7-17-28-35/h2-17,19-28H,1,18,29-30H2. The van der Waals surface area contributed by atoms with Crippen LogP contribution in [0.4, 0.5) is 0 Å². The first kappa shape index (κ1) is 28.2. The van der Waals surface area contributed by atoms with Gasteiger partial charge in [0.15, 0.2) is 0 Å². The molecule has 41 heavy (non-hydrogen) atoms. The van der Waals surface area contributed by atoms with Crippen molar-refractivity contribution in [1.82, 2.24) is 0 Å². The molecular weight excluding hydrogens is 537 g/mol. The van der Waals surface area contributed by atoms with Crippen molar-refractivity contribution >= 4 is 48.5 Å². The van der Waals surface area contributed by atoms with Crippen molar-refractivity contribution in [3.8, 4) is 0 Å². The molecular formula is C36H34O3Si2. The SMILES string of the molecule is C=CC(=O)OCCC[Si](O[Si](c1ccccc1)(c1ccccc1)c1ccccc1)(c1ccccc1)c1ccccc1. The summed E-state index contributed by atoms with van der Waals surface area (Å²) in [6.45, 7) is 3.85. The van der Waals surface area contributed by atoms with Gasteiger partial charge in [0.1, 0.15) is 0 Å². The summed E-state index contributed by atoms with van der Waals surface area (Å²) in [6, 6.07) is 54.2. The van der Waals surface area contributed by atoms with Gasteiger partial charge in [0.25, 0.3) is 8.32 Å². The van der Waals surface area contributed by atoms with Gasteiger partial charge in [-0.1, -0.05) is 158 Å². The molecule has 5 aromatic rings. The number of ether oxygens (including phenoxy) is 1. The fourth-order valence-electron chi connectivity index (χ4n) is 5.55. The number of hydrogen-bond acceptors (Lipinski definition) is 3. The second-order valence-electron chi connectivity index (χ2n) is 9.92. The predicted octanol–water partition coefficient (Wildman–Crippen LogP) is 4.55. The molecule has 0 heterocycles. The fourth-order valence-corrected chi connectivity index (χ4v) is 16.4. The monoisotopic (exact) mass is 570 g/mol. The van der Waals surface area contributed by atoms with Crippen LogP contribution in [-0.4, -0.2) is 29.2 Å². The summed E-state index contributed by atoms with van der Waals surface area (Å²) in [5, 5.41) is 5.97. The van der Waals surface area contributed by atoms with Crippen LogP contribution in [0.3, 0.4) is 0 Å². The van der Waals surface area contributed by atoms with Crippen LogP contribution in [0.1, 0.15) is 6.42 Å². The zero-order valence-electron chi connectivity index (χ0n) is 23.1. The van der Waals surface area contributed by atoms with Crippen molar-refractivity contribution in [1.29, 1.82) is 0 Å². The van der Waals surface area contributed by atoms with E-state index in [1.165, 1.54) is 32.0 Å². The first-order valence-electron chi connectivity index (χ1n) is 14.0. The van der Waals surface area contributed by atoms with E-state index in [2.05, 4.69) is 158 Å². The quantitative estimate of drug-likeness (QED) is 0.0726. The van der Waals surface area contributed by atoms with E-state index in [1.54, 1.807) is 0 Å². The number of rotatable bonds is 12. The molecule has 0 N–H and O–H groups in total. The molecule has 0 amide bonds. The van der Waals surface area contributed by atoms with Crippen molar-refractivity contribution in [2.75, 3.05) is 6.61 Å². The highest BCUT2D eigenvalue weighted by Crippen LogP contribution is 2.23. The van der Waals surface area contributed by atoms with E-state index in [-0.39, 0.29) is 0 Å². The van der Waals surface area contributed by atoms with Crippen LogP contribution in [0.2, 0.25) is 6.04 Å². The van der Waals surface area contributed by atoms with Crippen molar-refractivity contribution < 1.29 is 13.6 Å². The van der Waals surface area contributed by atoms with E-state index in [9.17, 15) is 4.79 Å². The molecule has 5 heteroatoms. The minimum atomic E-state index is -3.08. The molecule has 0 aromatic heterocycles. The molecule has 0 radical (unpaired) electrons. The normalized spacial score (nSPS) is 11.5. The maximum Gasteiger partial charge on any atom is 0.330 e. The van der Waals surface area contributed by atoms with Crippen LogP contribution in [-0.2, 0) is 13.6 Å². The maximum atomic E-state index is 11.9. The van der Waals surface area contributed by atoms with Crippen molar-refractivity contribution in [2.24, 2.45) is 0 Å². The van der Waals surface area contributed by atoms with E-state index >= 15 is 0 Å². The van der Waals surface area contributed by atoms with Gasteiger partial charge in [-0.3, -0.25) is 0 Å². The van der Waals surface area contributed by atoms with Crippen molar-refractivity contribution in [3.05, 3.63) is 164 Å². The Morgan fingerprint density at radius 2 is 0.902 bits per heavy atom. The van der Waals surface area contributed by atoms with Crippen molar-refractivity contribution in [3.63, 3.8) is 0 Å². The smallest absolute Gasteiger partial charge is 0.330 e. The van der Waals surface area contributed by atoms with Gasteiger partial charge in [0.05, 0.1) is 6.61 Å². The Labute approximate surface area is 245 Å². The Hall–Kier alpha value is -4.30. The molecule has 0 aliphatic heterocycles. The first-order valence-corrected chi connectivity index (χ1v) is 18.0. The molecule has 0 fully saturated rings. The highest BCUT2D eigenvalue weighted by molar-refractivity contribution is 7.14. The number of hydrogen-bond donors (Lipinski definition) is 0. The lowest BCUT2D eigenvalue weighted by atomic mass is 10.3. The summed E-state index contributed by atoms with van der Waals surface area (Å²) in [5.41, 5.74) is 0. The Morgan fingerprint density at radius 3 is 1.24 bits per heavy atom. The van der Waals surface area contributed by atoms with Crippen LogP contribution in [0.25, 0.3) is 0 Å². The molecule has 0 bridgehead atoms. The van der Waals surface area contributed by atoms with Gasteiger partial charge in [-0.2, -0.15) is 0 Å². The Kier molecular flexibility index (Phi) is 9.21. The van der Waals surface area contributed by atoms with Crippen LogP contribution in [0.15, 0.2) is 164 Å². The van der Waals surface area contributed by atoms with Crippen LogP contribution >= 0.6 is 0 Å². The third kappa shape index (κ3) is 6.08. The average molecular weight is 571 g/mol. The average Bonchev–Trinajstić information content (AvgIpc) is 3.06.